The maximum Gasteiger partial charge on any atom is 0.220 e. The van der Waals surface area contributed by atoms with Crippen LogP contribution in [0.15, 0.2) is 84.1 Å². The molecule has 0 saturated carbocycles. The first-order valence-corrected chi connectivity index (χ1v) is 12.1. The summed E-state index contributed by atoms with van der Waals surface area (Å²) in [6.07, 6.45) is 3.99. The van der Waals surface area contributed by atoms with Gasteiger partial charge in [0.25, 0.3) is 0 Å². The first-order valence-electron chi connectivity index (χ1n) is 11.1. The highest BCUT2D eigenvalue weighted by Crippen LogP contribution is 2.28. The van der Waals surface area contributed by atoms with Crippen molar-refractivity contribution in [1.82, 2.24) is 25.1 Å². The minimum atomic E-state index is 0.0553. The van der Waals surface area contributed by atoms with Gasteiger partial charge >= 0.3 is 0 Å². The number of amides is 1. The third-order valence-electron chi connectivity index (χ3n) is 5.18. The highest BCUT2D eigenvalue weighted by atomic mass is 32.2. The van der Waals surface area contributed by atoms with Crippen molar-refractivity contribution in [3.05, 3.63) is 90.3 Å². The monoisotopic (exact) mass is 457 g/mol. The number of pyridine rings is 1. The van der Waals surface area contributed by atoms with Crippen LogP contribution in [-0.4, -0.2) is 31.4 Å². The minimum Gasteiger partial charge on any atom is -0.350 e. The van der Waals surface area contributed by atoms with Crippen LogP contribution in [0.1, 0.15) is 30.5 Å². The molecule has 0 fully saturated rings. The molecule has 0 spiro atoms. The number of carbonyl (C=O) groups is 1. The van der Waals surface area contributed by atoms with Gasteiger partial charge in [-0.2, -0.15) is 0 Å². The van der Waals surface area contributed by atoms with E-state index in [1.54, 1.807) is 18.0 Å². The number of hydrogen-bond acceptors (Lipinski definition) is 5. The second-order valence-electron chi connectivity index (χ2n) is 7.75. The van der Waals surface area contributed by atoms with E-state index in [0.29, 0.717) is 13.0 Å². The van der Waals surface area contributed by atoms with E-state index in [1.165, 1.54) is 5.56 Å². The average molecular weight is 458 g/mol. The summed E-state index contributed by atoms with van der Waals surface area (Å²) in [7, 11) is 0. The zero-order valence-corrected chi connectivity index (χ0v) is 19.5. The summed E-state index contributed by atoms with van der Waals surface area (Å²) < 4.78 is 2.11. The molecule has 0 radical (unpaired) electrons. The predicted molar refractivity (Wildman–Crippen MR) is 132 cm³/mol. The number of nitrogens with one attached hydrogen (secondary N) is 1. The number of hydrogen-bond donors (Lipinski definition) is 1. The summed E-state index contributed by atoms with van der Waals surface area (Å²) in [6, 6.07) is 24.2. The van der Waals surface area contributed by atoms with Crippen LogP contribution in [0.5, 0.6) is 0 Å². The maximum absolute atomic E-state index is 12.1. The van der Waals surface area contributed by atoms with Crippen LogP contribution in [0, 0.1) is 6.92 Å². The molecule has 6 nitrogen and oxygen atoms in total. The Morgan fingerprint density at radius 1 is 0.939 bits per heavy atom. The number of para-hydroxylation sites is 1. The number of benzene rings is 2. The number of unbranched alkanes of at least 4 members (excludes halogenated alkanes) is 1. The van der Waals surface area contributed by atoms with Crippen LogP contribution in [0.3, 0.4) is 0 Å². The molecule has 33 heavy (non-hydrogen) atoms. The third-order valence-corrected chi connectivity index (χ3v) is 6.19. The molecule has 4 rings (SSSR count). The molecule has 168 valence electrons. The van der Waals surface area contributed by atoms with E-state index in [-0.39, 0.29) is 5.91 Å². The van der Waals surface area contributed by atoms with Gasteiger partial charge in [0.15, 0.2) is 11.0 Å². The van der Waals surface area contributed by atoms with E-state index in [2.05, 4.69) is 68.4 Å². The Bertz CT molecular complexity index is 1160. The first kappa shape index (κ1) is 22.7. The molecule has 7 heteroatoms. The molecule has 2 heterocycles. The van der Waals surface area contributed by atoms with Crippen molar-refractivity contribution < 1.29 is 4.79 Å². The van der Waals surface area contributed by atoms with Crippen molar-refractivity contribution in [1.29, 1.82) is 0 Å². The third kappa shape index (κ3) is 6.29. The molecule has 1 N–H and O–H groups in total. The molecule has 0 aliphatic carbocycles. The van der Waals surface area contributed by atoms with Gasteiger partial charge in [0, 0.05) is 29.6 Å². The number of carbonyl (C=O) groups excluding carboxylic acids is 1. The van der Waals surface area contributed by atoms with Gasteiger partial charge in [0.1, 0.15) is 0 Å². The van der Waals surface area contributed by atoms with E-state index in [9.17, 15) is 4.79 Å². The smallest absolute Gasteiger partial charge is 0.220 e. The molecule has 0 aliphatic heterocycles. The Balaban J connectivity index is 1.33. The summed E-state index contributed by atoms with van der Waals surface area (Å²) >= 11 is 1.67. The fourth-order valence-corrected chi connectivity index (χ4v) is 4.34. The Morgan fingerprint density at radius 2 is 1.73 bits per heavy atom. The fraction of sp³-hybridized carbons (Fsp3) is 0.231. The molecule has 0 atom stereocenters. The van der Waals surface area contributed by atoms with Crippen LogP contribution in [0.4, 0.5) is 0 Å². The van der Waals surface area contributed by atoms with Crippen molar-refractivity contribution in [2.24, 2.45) is 0 Å². The highest BCUT2D eigenvalue weighted by Gasteiger charge is 2.16. The lowest BCUT2D eigenvalue weighted by Crippen LogP contribution is -2.22. The molecule has 4 aromatic rings. The average Bonchev–Trinajstić information content (AvgIpc) is 3.28. The highest BCUT2D eigenvalue weighted by molar-refractivity contribution is 7.99. The number of rotatable bonds is 10. The molecule has 2 aromatic heterocycles. The molecular formula is C26H27N5OS. The Labute approximate surface area is 198 Å². The lowest BCUT2D eigenvalue weighted by Gasteiger charge is -2.10. The van der Waals surface area contributed by atoms with Crippen molar-refractivity contribution in [2.75, 3.05) is 5.75 Å². The fourth-order valence-electron chi connectivity index (χ4n) is 3.39. The van der Waals surface area contributed by atoms with Crippen LogP contribution in [-0.2, 0) is 11.3 Å². The number of aryl methyl sites for hydroxylation is 1. The van der Waals surface area contributed by atoms with Gasteiger partial charge in [-0.25, -0.2) is 0 Å². The summed E-state index contributed by atoms with van der Waals surface area (Å²) in [6.45, 7) is 2.54. The molecule has 0 bridgehead atoms. The van der Waals surface area contributed by atoms with Gasteiger partial charge in [0.05, 0.1) is 12.2 Å². The lowest BCUT2D eigenvalue weighted by atomic mass is 10.1. The van der Waals surface area contributed by atoms with Gasteiger partial charge in [-0.05, 0) is 44.0 Å². The summed E-state index contributed by atoms with van der Waals surface area (Å²) in [4.78, 5) is 16.3. The van der Waals surface area contributed by atoms with Crippen LogP contribution < -0.4 is 5.32 Å². The van der Waals surface area contributed by atoms with Crippen molar-refractivity contribution >= 4 is 17.7 Å². The van der Waals surface area contributed by atoms with Gasteiger partial charge in [0.2, 0.25) is 5.91 Å². The van der Waals surface area contributed by atoms with Gasteiger partial charge in [-0.1, -0.05) is 65.9 Å². The van der Waals surface area contributed by atoms with E-state index in [4.69, 9.17) is 0 Å². The minimum absolute atomic E-state index is 0.0553. The van der Waals surface area contributed by atoms with E-state index in [0.717, 1.165) is 46.5 Å². The number of aromatic nitrogens is 4. The second-order valence-corrected chi connectivity index (χ2v) is 8.81. The van der Waals surface area contributed by atoms with E-state index in [1.807, 2.05) is 36.4 Å². The van der Waals surface area contributed by atoms with Crippen LogP contribution in [0.2, 0.25) is 0 Å². The number of thioether (sulfide) groups is 1. The summed E-state index contributed by atoms with van der Waals surface area (Å²) in [5.41, 5.74) is 4.15. The van der Waals surface area contributed by atoms with Crippen molar-refractivity contribution in [2.45, 2.75) is 37.9 Å². The summed E-state index contributed by atoms with van der Waals surface area (Å²) in [5.74, 6) is 1.75. The van der Waals surface area contributed by atoms with Crippen LogP contribution >= 0.6 is 11.8 Å². The molecule has 0 saturated heterocycles. The molecule has 2 aromatic carbocycles. The zero-order valence-electron chi connectivity index (χ0n) is 18.6. The Hall–Kier alpha value is -3.45. The molecular weight excluding hydrogens is 430 g/mol. The lowest BCUT2D eigenvalue weighted by molar-refractivity contribution is -0.121. The molecule has 0 aliphatic rings. The topological polar surface area (TPSA) is 72.7 Å². The van der Waals surface area contributed by atoms with E-state index < -0.39 is 0 Å². The SMILES string of the molecule is Cc1ccc(-c2nnc(SCCCCC(=O)NCc3ccccn3)n2-c2ccccc2)cc1. The molecule has 1 amide bonds. The van der Waals surface area contributed by atoms with E-state index >= 15 is 0 Å². The van der Waals surface area contributed by atoms with Crippen molar-refractivity contribution in [3.63, 3.8) is 0 Å². The largest absolute Gasteiger partial charge is 0.350 e. The summed E-state index contributed by atoms with van der Waals surface area (Å²) in [5, 5.41) is 12.8. The van der Waals surface area contributed by atoms with Crippen molar-refractivity contribution in [3.8, 4) is 17.1 Å². The van der Waals surface area contributed by atoms with Crippen LogP contribution in [0.25, 0.3) is 17.1 Å². The van der Waals surface area contributed by atoms with Gasteiger partial charge in [-0.3, -0.25) is 14.3 Å². The standard InChI is InChI=1S/C26H27N5OS/c1-20-13-15-21(16-14-20)25-29-30-26(31(25)23-10-3-2-4-11-23)33-18-8-6-12-24(32)28-19-22-9-5-7-17-27-22/h2-5,7,9-11,13-17H,6,8,12,18-19H2,1H3,(H,28,32). The Kier molecular flexibility index (Phi) is 7.87. The Morgan fingerprint density at radius 3 is 2.48 bits per heavy atom. The van der Waals surface area contributed by atoms with Gasteiger partial charge < -0.3 is 5.32 Å². The molecule has 0 unspecified atom stereocenters. The van der Waals surface area contributed by atoms with Gasteiger partial charge in [-0.15, -0.1) is 10.2 Å². The normalized spacial score (nSPS) is 10.8. The number of nitrogens with zero attached hydrogens (tertiary/aromatic N) is 4. The quantitative estimate of drug-likeness (QED) is 0.261. The predicted octanol–water partition coefficient (Wildman–Crippen LogP) is 5.22. The first-order chi connectivity index (χ1) is 16.2. The second kappa shape index (κ2) is 11.4. The maximum atomic E-state index is 12.1. The zero-order chi connectivity index (χ0) is 22.9.